The zero-order valence-electron chi connectivity index (χ0n) is 19.3. The molecule has 1 saturated carbocycles. The highest BCUT2D eigenvalue weighted by Crippen LogP contribution is 2.23. The first-order chi connectivity index (χ1) is 17.0. The van der Waals surface area contributed by atoms with Gasteiger partial charge in [-0.05, 0) is 50.2 Å². The van der Waals surface area contributed by atoms with Gasteiger partial charge in [0, 0.05) is 42.8 Å². The van der Waals surface area contributed by atoms with Crippen LogP contribution in [0.4, 0.5) is 17.3 Å². The summed E-state index contributed by atoms with van der Waals surface area (Å²) in [5, 5.41) is 18.2. The zero-order chi connectivity index (χ0) is 23.9. The second kappa shape index (κ2) is 8.55. The Morgan fingerprint density at radius 3 is 2.57 bits per heavy atom. The van der Waals surface area contributed by atoms with Crippen LogP contribution in [0.5, 0.6) is 5.88 Å². The first kappa shape index (κ1) is 21.4. The van der Waals surface area contributed by atoms with Crippen LogP contribution in [0.15, 0.2) is 40.2 Å². The highest BCUT2D eigenvalue weighted by molar-refractivity contribution is 5.61. The molecule has 2 fully saturated rings. The van der Waals surface area contributed by atoms with Crippen molar-refractivity contribution in [3.63, 3.8) is 0 Å². The predicted octanol–water partition coefficient (Wildman–Crippen LogP) is -0.0475. The molecule has 0 atom stereocenters. The molecule has 6 rings (SSSR count). The number of hydrogen-bond acceptors (Lipinski definition) is 9. The number of aromatic amines is 2. The molecule has 12 heteroatoms. The Hall–Kier alpha value is -4.19. The third kappa shape index (κ3) is 4.47. The van der Waals surface area contributed by atoms with Gasteiger partial charge in [-0.3, -0.25) is 4.98 Å². The summed E-state index contributed by atoms with van der Waals surface area (Å²) in [5.74, 6) is 0.149. The Bertz CT molecular complexity index is 1540. The van der Waals surface area contributed by atoms with E-state index in [-0.39, 0.29) is 17.6 Å². The summed E-state index contributed by atoms with van der Waals surface area (Å²) in [5.41, 5.74) is 2.78. The van der Waals surface area contributed by atoms with Crippen molar-refractivity contribution in [2.75, 3.05) is 43.4 Å². The van der Waals surface area contributed by atoms with E-state index < -0.39 is 5.69 Å². The minimum Gasteiger partial charge on any atom is -0.493 e. The molecule has 0 radical (unpaired) electrons. The largest absolute Gasteiger partial charge is 0.493 e. The van der Waals surface area contributed by atoms with Crippen molar-refractivity contribution in [3.05, 3.63) is 57.5 Å². The van der Waals surface area contributed by atoms with E-state index in [2.05, 4.69) is 59.3 Å². The minimum atomic E-state index is -0.494. The number of rotatable bonds is 5. The normalized spacial score (nSPS) is 18.0. The third-order valence-corrected chi connectivity index (χ3v) is 6.25. The average molecular weight is 475 g/mol. The monoisotopic (exact) mass is 474 g/mol. The van der Waals surface area contributed by atoms with Crippen molar-refractivity contribution in [2.45, 2.75) is 18.9 Å². The molecule has 2 aliphatic rings. The predicted molar refractivity (Wildman–Crippen MR) is 131 cm³/mol. The van der Waals surface area contributed by atoms with Crippen molar-refractivity contribution in [1.29, 1.82) is 0 Å². The van der Waals surface area contributed by atoms with Crippen LogP contribution < -0.4 is 26.7 Å². The van der Waals surface area contributed by atoms with Gasteiger partial charge in [0.1, 0.15) is 5.69 Å². The quantitative estimate of drug-likeness (QED) is 0.315. The zero-order valence-corrected chi connectivity index (χ0v) is 19.3. The Kier molecular flexibility index (Phi) is 5.21. The van der Waals surface area contributed by atoms with E-state index in [1.54, 1.807) is 16.8 Å². The number of benzene rings is 1. The van der Waals surface area contributed by atoms with Gasteiger partial charge in [-0.1, -0.05) is 0 Å². The van der Waals surface area contributed by atoms with Gasteiger partial charge in [0.05, 0.1) is 12.2 Å². The summed E-state index contributed by atoms with van der Waals surface area (Å²) in [4.78, 5) is 35.0. The standard InChI is InChI=1S/C23H26N10O2/c1-31-8-10-32(11-9-31)17-6-4-15(5-7-17)25-21-28-19-14(12-18-20(34)29-23(35)27-18)13-24-33(19)22(30-21)26-16-2-3-16/h4-7,12-13,16,34H,2-3,8-11H2,1H3,(H,25,26,30)(H2,27,29,35)/b14-12+. The lowest BCUT2D eigenvalue weighted by molar-refractivity contribution is 0.313. The fourth-order valence-electron chi connectivity index (χ4n) is 4.09. The Morgan fingerprint density at radius 2 is 1.89 bits per heavy atom. The third-order valence-electron chi connectivity index (χ3n) is 6.25. The number of likely N-dealkylation sites (N-methyl/N-ethyl adjacent to an activating group) is 1. The number of aromatic hydroxyl groups is 1. The fraction of sp³-hybridized carbons (Fsp3) is 0.348. The van der Waals surface area contributed by atoms with Crippen LogP contribution in [0.2, 0.25) is 0 Å². The van der Waals surface area contributed by atoms with Crippen LogP contribution in [-0.4, -0.2) is 78.8 Å². The van der Waals surface area contributed by atoms with Crippen LogP contribution in [0.25, 0.3) is 11.7 Å². The van der Waals surface area contributed by atoms with E-state index in [4.69, 9.17) is 4.99 Å². The summed E-state index contributed by atoms with van der Waals surface area (Å²) < 4.78 is 1.58. The Balaban J connectivity index is 1.35. The van der Waals surface area contributed by atoms with Crippen molar-refractivity contribution < 1.29 is 5.11 Å². The molecule has 1 saturated heterocycles. The molecule has 0 bridgehead atoms. The minimum absolute atomic E-state index is 0.241. The summed E-state index contributed by atoms with van der Waals surface area (Å²) in [6.07, 6.45) is 5.27. The topological polar surface area (TPSA) is 143 Å². The lowest BCUT2D eigenvalue weighted by Gasteiger charge is -2.34. The van der Waals surface area contributed by atoms with E-state index in [1.165, 1.54) is 5.69 Å². The molecule has 4 heterocycles. The number of fused-ring (bicyclic) bond motifs is 1. The van der Waals surface area contributed by atoms with Gasteiger partial charge in [0.2, 0.25) is 11.8 Å². The van der Waals surface area contributed by atoms with Crippen molar-refractivity contribution in [3.8, 4) is 5.88 Å². The molecular formula is C23H26N10O2. The van der Waals surface area contributed by atoms with Gasteiger partial charge in [-0.25, -0.2) is 9.79 Å². The molecule has 1 aliphatic heterocycles. The van der Waals surface area contributed by atoms with E-state index in [9.17, 15) is 9.90 Å². The van der Waals surface area contributed by atoms with E-state index in [0.717, 1.165) is 44.7 Å². The fourth-order valence-corrected chi connectivity index (χ4v) is 4.09. The van der Waals surface area contributed by atoms with Gasteiger partial charge in [0.15, 0.2) is 5.65 Å². The number of anilines is 3. The number of nitrogens with zero attached hydrogens (tertiary/aromatic N) is 7. The molecular weight excluding hydrogens is 448 g/mol. The summed E-state index contributed by atoms with van der Waals surface area (Å²) in [6, 6.07) is 8.48. The number of aromatic nitrogens is 6. The van der Waals surface area contributed by atoms with Crippen LogP contribution in [-0.2, 0) is 0 Å². The maximum absolute atomic E-state index is 11.5. The Morgan fingerprint density at radius 1 is 1.11 bits per heavy atom. The first-order valence-electron chi connectivity index (χ1n) is 11.6. The van der Waals surface area contributed by atoms with Crippen molar-refractivity contribution >= 4 is 29.0 Å². The second-order valence-electron chi connectivity index (χ2n) is 8.99. The average Bonchev–Trinajstić information content (AvgIpc) is 3.48. The number of nitrogens with one attached hydrogen (secondary N) is 3. The van der Waals surface area contributed by atoms with Gasteiger partial charge in [-0.15, -0.1) is 0 Å². The summed E-state index contributed by atoms with van der Waals surface area (Å²) in [7, 11) is 2.15. The molecule has 1 aliphatic carbocycles. The summed E-state index contributed by atoms with van der Waals surface area (Å²) >= 11 is 0. The van der Waals surface area contributed by atoms with Gasteiger partial charge in [-0.2, -0.15) is 19.6 Å². The van der Waals surface area contributed by atoms with E-state index in [0.29, 0.717) is 22.4 Å². The number of imidazole rings is 1. The molecule has 4 aromatic rings. The molecule has 0 unspecified atom stereocenters. The molecule has 1 aromatic carbocycles. The van der Waals surface area contributed by atoms with Gasteiger partial charge in [0.25, 0.3) is 5.62 Å². The molecule has 12 nitrogen and oxygen atoms in total. The van der Waals surface area contributed by atoms with Crippen molar-refractivity contribution in [2.24, 2.45) is 4.99 Å². The highest BCUT2D eigenvalue weighted by atomic mass is 16.3. The molecule has 4 N–H and O–H groups in total. The van der Waals surface area contributed by atoms with E-state index in [1.807, 2.05) is 12.1 Å². The first-order valence-corrected chi connectivity index (χ1v) is 11.6. The number of H-pyrrole nitrogens is 2. The Labute approximate surface area is 199 Å². The SMILES string of the molecule is CN1CCN(c2ccc(Nc3nc(=NC4CC4)n4nc/c(=C\c5[nH]c(=O)[nH]c5O)c4n3)cc2)CC1. The lowest BCUT2D eigenvalue weighted by Crippen LogP contribution is -2.44. The molecule has 0 amide bonds. The second-order valence-corrected chi connectivity index (χ2v) is 8.99. The molecule has 35 heavy (non-hydrogen) atoms. The smallest absolute Gasteiger partial charge is 0.326 e. The molecule has 3 aromatic heterocycles. The highest BCUT2D eigenvalue weighted by Gasteiger charge is 2.21. The number of piperazine rings is 1. The van der Waals surface area contributed by atoms with Crippen LogP contribution >= 0.6 is 0 Å². The maximum atomic E-state index is 11.5. The van der Waals surface area contributed by atoms with Gasteiger partial charge >= 0.3 is 5.69 Å². The van der Waals surface area contributed by atoms with Crippen molar-refractivity contribution in [1.82, 2.24) is 34.4 Å². The maximum Gasteiger partial charge on any atom is 0.326 e. The van der Waals surface area contributed by atoms with Crippen LogP contribution in [0.1, 0.15) is 18.5 Å². The summed E-state index contributed by atoms with van der Waals surface area (Å²) in [6.45, 7) is 4.13. The number of hydrogen-bond donors (Lipinski definition) is 4. The van der Waals surface area contributed by atoms with Crippen LogP contribution in [0.3, 0.4) is 0 Å². The molecule has 0 spiro atoms. The van der Waals surface area contributed by atoms with E-state index >= 15 is 0 Å². The lowest BCUT2D eigenvalue weighted by atomic mass is 10.2. The van der Waals surface area contributed by atoms with Gasteiger partial charge < -0.3 is 25.2 Å². The molecule has 180 valence electrons. The van der Waals surface area contributed by atoms with Crippen LogP contribution in [0, 0.1) is 0 Å².